The molecule has 1 aromatic heterocycles. The highest BCUT2D eigenvalue weighted by Gasteiger charge is 2.25. The molecule has 1 saturated heterocycles. The summed E-state index contributed by atoms with van der Waals surface area (Å²) >= 11 is 0. The smallest absolute Gasteiger partial charge is 0.233 e. The van der Waals surface area contributed by atoms with Crippen molar-refractivity contribution in [2.75, 3.05) is 20.2 Å². The van der Waals surface area contributed by atoms with Crippen LogP contribution >= 0.6 is 0 Å². The highest BCUT2D eigenvalue weighted by atomic mass is 16.5. The number of amides is 1. The van der Waals surface area contributed by atoms with E-state index in [1.54, 1.807) is 25.4 Å². The van der Waals surface area contributed by atoms with E-state index in [1.807, 2.05) is 29.2 Å². The first-order valence-corrected chi connectivity index (χ1v) is 8.09. The average molecular weight is 327 g/mol. The maximum atomic E-state index is 12.5. The maximum absolute atomic E-state index is 12.5. The van der Waals surface area contributed by atoms with Crippen LogP contribution in [0.25, 0.3) is 0 Å². The summed E-state index contributed by atoms with van der Waals surface area (Å²) in [6.07, 6.45) is 3.82. The molecule has 6 nitrogen and oxygen atoms in total. The standard InChI is InChI=1S/C18H21N3O3/c1-23-15-8-6-14(7-9-15)12-18(22)21-11-3-4-16(13-21)24-17-5-2-10-19-20-17/h2,5-10,16H,3-4,11-13H2,1H3. The van der Waals surface area contributed by atoms with Gasteiger partial charge in [-0.05, 0) is 36.6 Å². The van der Waals surface area contributed by atoms with Gasteiger partial charge in [-0.25, -0.2) is 0 Å². The van der Waals surface area contributed by atoms with Gasteiger partial charge in [0.25, 0.3) is 0 Å². The van der Waals surface area contributed by atoms with Crippen LogP contribution in [-0.4, -0.2) is 47.3 Å². The molecule has 1 aliphatic heterocycles. The number of methoxy groups -OCH3 is 1. The topological polar surface area (TPSA) is 64.5 Å². The van der Waals surface area contributed by atoms with Crippen molar-refractivity contribution in [3.63, 3.8) is 0 Å². The number of carbonyl (C=O) groups excluding carboxylic acids is 1. The van der Waals surface area contributed by atoms with Crippen molar-refractivity contribution in [2.24, 2.45) is 0 Å². The van der Waals surface area contributed by atoms with Gasteiger partial charge in [0.05, 0.1) is 20.1 Å². The summed E-state index contributed by atoms with van der Waals surface area (Å²) in [5, 5.41) is 7.75. The second-order valence-corrected chi connectivity index (χ2v) is 5.81. The Labute approximate surface area is 141 Å². The summed E-state index contributed by atoms with van der Waals surface area (Å²) in [7, 11) is 1.63. The molecule has 1 atom stereocenters. The summed E-state index contributed by atoms with van der Waals surface area (Å²) < 4.78 is 11.0. The van der Waals surface area contributed by atoms with E-state index < -0.39 is 0 Å². The molecule has 1 aliphatic rings. The number of aromatic nitrogens is 2. The molecular weight excluding hydrogens is 306 g/mol. The first-order valence-electron chi connectivity index (χ1n) is 8.09. The van der Waals surface area contributed by atoms with E-state index in [0.717, 1.165) is 30.7 Å². The average Bonchev–Trinajstić information content (AvgIpc) is 2.63. The van der Waals surface area contributed by atoms with Gasteiger partial charge in [-0.15, -0.1) is 5.10 Å². The van der Waals surface area contributed by atoms with E-state index in [0.29, 0.717) is 18.8 Å². The predicted molar refractivity (Wildman–Crippen MR) is 89.0 cm³/mol. The third-order valence-corrected chi connectivity index (χ3v) is 4.08. The molecule has 6 heteroatoms. The Hall–Kier alpha value is -2.63. The van der Waals surface area contributed by atoms with Gasteiger partial charge in [0, 0.05) is 18.8 Å². The molecular formula is C18H21N3O3. The highest BCUT2D eigenvalue weighted by molar-refractivity contribution is 5.79. The third kappa shape index (κ3) is 4.22. The molecule has 1 aromatic carbocycles. The molecule has 1 unspecified atom stereocenters. The zero-order valence-electron chi connectivity index (χ0n) is 13.7. The fraction of sp³-hybridized carbons (Fsp3) is 0.389. The molecule has 0 aliphatic carbocycles. The molecule has 0 N–H and O–H groups in total. The van der Waals surface area contributed by atoms with Crippen LogP contribution in [0, 0.1) is 0 Å². The minimum absolute atomic E-state index is 0.0322. The normalized spacial score (nSPS) is 17.4. The lowest BCUT2D eigenvalue weighted by Crippen LogP contribution is -2.45. The second-order valence-electron chi connectivity index (χ2n) is 5.81. The summed E-state index contributed by atoms with van der Waals surface area (Å²) in [6.45, 7) is 1.36. The molecule has 24 heavy (non-hydrogen) atoms. The zero-order chi connectivity index (χ0) is 16.8. The Morgan fingerprint density at radius 3 is 2.83 bits per heavy atom. The SMILES string of the molecule is COc1ccc(CC(=O)N2CCCC(Oc3cccnn3)C2)cc1. The van der Waals surface area contributed by atoms with Crippen LogP contribution in [0.1, 0.15) is 18.4 Å². The van der Waals surface area contributed by atoms with E-state index in [9.17, 15) is 4.79 Å². The van der Waals surface area contributed by atoms with Gasteiger partial charge in [0.2, 0.25) is 11.8 Å². The van der Waals surface area contributed by atoms with E-state index in [-0.39, 0.29) is 12.0 Å². The monoisotopic (exact) mass is 327 g/mol. The fourth-order valence-electron chi connectivity index (χ4n) is 2.81. The Balaban J connectivity index is 1.56. The Morgan fingerprint density at radius 2 is 2.12 bits per heavy atom. The van der Waals surface area contributed by atoms with Gasteiger partial charge in [-0.1, -0.05) is 12.1 Å². The lowest BCUT2D eigenvalue weighted by atomic mass is 10.1. The van der Waals surface area contributed by atoms with Crippen LogP contribution in [0.5, 0.6) is 11.6 Å². The van der Waals surface area contributed by atoms with E-state index >= 15 is 0 Å². The summed E-state index contributed by atoms with van der Waals surface area (Å²) in [4.78, 5) is 14.4. The maximum Gasteiger partial charge on any atom is 0.233 e. The van der Waals surface area contributed by atoms with Crippen LogP contribution in [-0.2, 0) is 11.2 Å². The highest BCUT2D eigenvalue weighted by Crippen LogP contribution is 2.18. The van der Waals surface area contributed by atoms with Crippen LogP contribution < -0.4 is 9.47 Å². The molecule has 1 fully saturated rings. The van der Waals surface area contributed by atoms with Crippen molar-refractivity contribution in [1.29, 1.82) is 0 Å². The summed E-state index contributed by atoms with van der Waals surface area (Å²) in [5.74, 6) is 1.42. The molecule has 2 heterocycles. The minimum atomic E-state index is -0.0322. The van der Waals surface area contributed by atoms with Gasteiger partial charge in [0.15, 0.2) is 0 Å². The van der Waals surface area contributed by atoms with Crippen LogP contribution in [0.15, 0.2) is 42.6 Å². The van der Waals surface area contributed by atoms with Crippen LogP contribution in [0.2, 0.25) is 0 Å². The van der Waals surface area contributed by atoms with Crippen molar-refractivity contribution < 1.29 is 14.3 Å². The zero-order valence-corrected chi connectivity index (χ0v) is 13.7. The first kappa shape index (κ1) is 16.2. The lowest BCUT2D eigenvalue weighted by Gasteiger charge is -2.32. The number of carbonyl (C=O) groups is 1. The Kier molecular flexibility index (Phi) is 5.25. The van der Waals surface area contributed by atoms with E-state index in [1.165, 1.54) is 0 Å². The number of rotatable bonds is 5. The fourth-order valence-corrected chi connectivity index (χ4v) is 2.81. The van der Waals surface area contributed by atoms with Crippen molar-refractivity contribution in [2.45, 2.75) is 25.4 Å². The minimum Gasteiger partial charge on any atom is -0.497 e. The van der Waals surface area contributed by atoms with E-state index in [2.05, 4.69) is 10.2 Å². The number of hydrogen-bond donors (Lipinski definition) is 0. The number of piperidine rings is 1. The predicted octanol–water partition coefficient (Wildman–Crippen LogP) is 2.10. The number of nitrogens with zero attached hydrogens (tertiary/aromatic N) is 3. The number of likely N-dealkylation sites (tertiary alicyclic amines) is 1. The molecule has 2 aromatic rings. The number of hydrogen-bond acceptors (Lipinski definition) is 5. The summed E-state index contributed by atoms with van der Waals surface area (Å²) in [6, 6.07) is 11.2. The number of ether oxygens (including phenoxy) is 2. The van der Waals surface area contributed by atoms with Crippen LogP contribution in [0.4, 0.5) is 0 Å². The molecule has 126 valence electrons. The van der Waals surface area contributed by atoms with Gasteiger partial charge in [-0.3, -0.25) is 4.79 Å². The Morgan fingerprint density at radius 1 is 1.29 bits per heavy atom. The van der Waals surface area contributed by atoms with Crippen molar-refractivity contribution in [3.05, 3.63) is 48.2 Å². The second kappa shape index (κ2) is 7.77. The van der Waals surface area contributed by atoms with Crippen molar-refractivity contribution in [3.8, 4) is 11.6 Å². The lowest BCUT2D eigenvalue weighted by molar-refractivity contribution is -0.133. The van der Waals surface area contributed by atoms with Gasteiger partial charge >= 0.3 is 0 Å². The van der Waals surface area contributed by atoms with E-state index in [4.69, 9.17) is 9.47 Å². The molecule has 1 amide bonds. The third-order valence-electron chi connectivity index (χ3n) is 4.08. The van der Waals surface area contributed by atoms with Gasteiger partial charge in [0.1, 0.15) is 11.9 Å². The van der Waals surface area contributed by atoms with Gasteiger partial charge in [-0.2, -0.15) is 5.10 Å². The van der Waals surface area contributed by atoms with Crippen molar-refractivity contribution in [1.82, 2.24) is 15.1 Å². The molecule has 0 spiro atoms. The molecule has 0 bridgehead atoms. The largest absolute Gasteiger partial charge is 0.497 e. The number of benzene rings is 1. The summed E-state index contributed by atoms with van der Waals surface area (Å²) in [5.41, 5.74) is 0.984. The quantitative estimate of drug-likeness (QED) is 0.841. The molecule has 3 rings (SSSR count). The molecule has 0 radical (unpaired) electrons. The van der Waals surface area contributed by atoms with Crippen molar-refractivity contribution >= 4 is 5.91 Å². The molecule has 0 saturated carbocycles. The van der Waals surface area contributed by atoms with Crippen LogP contribution in [0.3, 0.4) is 0 Å². The Bertz CT molecular complexity index is 661. The van der Waals surface area contributed by atoms with Gasteiger partial charge < -0.3 is 14.4 Å². The first-order chi connectivity index (χ1) is 11.7.